The van der Waals surface area contributed by atoms with Gasteiger partial charge in [-0.05, 0) is 25.0 Å². The standard InChI is InChI=1S/C13H19F2N/c1-3-5-6-10(4-2)16-11-7-8-12(14)13(15)9-11/h7-10,16H,3-6H2,1-2H3. The van der Waals surface area contributed by atoms with Crippen molar-refractivity contribution in [3.05, 3.63) is 29.8 Å². The molecule has 90 valence electrons. The molecule has 0 fully saturated rings. The molecule has 0 bridgehead atoms. The monoisotopic (exact) mass is 227 g/mol. The number of unbranched alkanes of at least 4 members (excludes halogenated alkanes) is 1. The van der Waals surface area contributed by atoms with Crippen LogP contribution in [-0.4, -0.2) is 6.04 Å². The van der Waals surface area contributed by atoms with E-state index in [1.807, 2.05) is 0 Å². The molecule has 1 rings (SSSR count). The smallest absolute Gasteiger partial charge is 0.160 e. The predicted octanol–water partition coefficient (Wildman–Crippen LogP) is 4.35. The molecule has 1 nitrogen and oxygen atoms in total. The third-order valence-electron chi connectivity index (χ3n) is 2.69. The molecule has 0 aliphatic rings. The van der Waals surface area contributed by atoms with Crippen LogP contribution in [0.3, 0.4) is 0 Å². The van der Waals surface area contributed by atoms with E-state index in [0.717, 1.165) is 31.7 Å². The summed E-state index contributed by atoms with van der Waals surface area (Å²) in [6, 6.07) is 4.28. The van der Waals surface area contributed by atoms with Gasteiger partial charge in [0.2, 0.25) is 0 Å². The minimum atomic E-state index is -0.799. The quantitative estimate of drug-likeness (QED) is 0.762. The van der Waals surface area contributed by atoms with Crippen LogP contribution >= 0.6 is 0 Å². The van der Waals surface area contributed by atoms with Gasteiger partial charge in [0.25, 0.3) is 0 Å². The van der Waals surface area contributed by atoms with E-state index in [4.69, 9.17) is 0 Å². The van der Waals surface area contributed by atoms with Crippen molar-refractivity contribution in [2.24, 2.45) is 0 Å². The third kappa shape index (κ3) is 3.80. The van der Waals surface area contributed by atoms with Crippen LogP contribution in [0.25, 0.3) is 0 Å². The van der Waals surface area contributed by atoms with E-state index in [1.165, 1.54) is 6.07 Å². The SMILES string of the molecule is CCCCC(CC)Nc1ccc(F)c(F)c1. The molecule has 0 saturated carbocycles. The van der Waals surface area contributed by atoms with E-state index in [9.17, 15) is 8.78 Å². The molecule has 0 amide bonds. The molecule has 0 radical (unpaired) electrons. The first-order valence-electron chi connectivity index (χ1n) is 5.89. The summed E-state index contributed by atoms with van der Waals surface area (Å²) >= 11 is 0. The van der Waals surface area contributed by atoms with Crippen LogP contribution < -0.4 is 5.32 Å². The average molecular weight is 227 g/mol. The second kappa shape index (κ2) is 6.46. The predicted molar refractivity (Wildman–Crippen MR) is 63.6 cm³/mol. The number of nitrogens with one attached hydrogen (secondary N) is 1. The highest BCUT2D eigenvalue weighted by Crippen LogP contribution is 2.16. The largest absolute Gasteiger partial charge is 0.382 e. The molecule has 1 aromatic carbocycles. The van der Waals surface area contributed by atoms with Crippen LogP contribution in [0, 0.1) is 11.6 Å². The first-order chi connectivity index (χ1) is 7.67. The number of hydrogen-bond acceptors (Lipinski definition) is 1. The van der Waals surface area contributed by atoms with Gasteiger partial charge >= 0.3 is 0 Å². The zero-order valence-electron chi connectivity index (χ0n) is 9.89. The van der Waals surface area contributed by atoms with E-state index < -0.39 is 11.6 Å². The van der Waals surface area contributed by atoms with Crippen molar-refractivity contribution in [3.8, 4) is 0 Å². The minimum absolute atomic E-state index is 0.338. The summed E-state index contributed by atoms with van der Waals surface area (Å²) in [5, 5.41) is 3.22. The van der Waals surface area contributed by atoms with Crippen molar-refractivity contribution in [2.45, 2.75) is 45.6 Å². The molecule has 0 aliphatic carbocycles. The fourth-order valence-corrected chi connectivity index (χ4v) is 1.65. The molecule has 1 N–H and O–H groups in total. The highest BCUT2D eigenvalue weighted by molar-refractivity contribution is 5.44. The van der Waals surface area contributed by atoms with Crippen molar-refractivity contribution >= 4 is 5.69 Å². The van der Waals surface area contributed by atoms with E-state index in [1.54, 1.807) is 6.07 Å². The van der Waals surface area contributed by atoms with Gasteiger partial charge in [-0.2, -0.15) is 0 Å². The molecule has 0 spiro atoms. The summed E-state index contributed by atoms with van der Waals surface area (Å²) in [5.41, 5.74) is 0.654. The van der Waals surface area contributed by atoms with Crippen molar-refractivity contribution in [3.63, 3.8) is 0 Å². The number of halogens is 2. The number of hydrogen-bond donors (Lipinski definition) is 1. The van der Waals surface area contributed by atoms with E-state index in [2.05, 4.69) is 19.2 Å². The Morgan fingerprint density at radius 3 is 2.50 bits per heavy atom. The Hall–Kier alpha value is -1.12. The maximum absolute atomic E-state index is 13.0. The van der Waals surface area contributed by atoms with Gasteiger partial charge in [0, 0.05) is 17.8 Å². The van der Waals surface area contributed by atoms with Crippen molar-refractivity contribution in [1.82, 2.24) is 0 Å². The summed E-state index contributed by atoms with van der Waals surface area (Å²) < 4.78 is 25.7. The van der Waals surface area contributed by atoms with Gasteiger partial charge in [0.1, 0.15) is 0 Å². The second-order valence-corrected chi connectivity index (χ2v) is 4.02. The summed E-state index contributed by atoms with van der Waals surface area (Å²) in [7, 11) is 0. The molecule has 0 aromatic heterocycles. The molecule has 1 unspecified atom stereocenters. The highest BCUT2D eigenvalue weighted by atomic mass is 19.2. The van der Waals surface area contributed by atoms with Gasteiger partial charge in [-0.15, -0.1) is 0 Å². The van der Waals surface area contributed by atoms with Crippen LogP contribution in [0.1, 0.15) is 39.5 Å². The molecular weight excluding hydrogens is 208 g/mol. The van der Waals surface area contributed by atoms with Gasteiger partial charge in [0.15, 0.2) is 11.6 Å². The first-order valence-corrected chi connectivity index (χ1v) is 5.89. The Bertz CT molecular complexity index is 326. The summed E-state index contributed by atoms with van der Waals surface area (Å²) in [4.78, 5) is 0. The lowest BCUT2D eigenvalue weighted by atomic mass is 10.1. The second-order valence-electron chi connectivity index (χ2n) is 4.02. The maximum Gasteiger partial charge on any atom is 0.160 e. The lowest BCUT2D eigenvalue weighted by Gasteiger charge is -2.18. The van der Waals surface area contributed by atoms with Gasteiger partial charge in [-0.1, -0.05) is 26.7 Å². The fourth-order valence-electron chi connectivity index (χ4n) is 1.65. The number of benzene rings is 1. The lowest BCUT2D eigenvalue weighted by molar-refractivity contribution is 0.508. The minimum Gasteiger partial charge on any atom is -0.382 e. The topological polar surface area (TPSA) is 12.0 Å². The van der Waals surface area contributed by atoms with Gasteiger partial charge in [-0.25, -0.2) is 8.78 Å². The molecule has 0 saturated heterocycles. The molecule has 0 heterocycles. The van der Waals surface area contributed by atoms with Crippen molar-refractivity contribution in [2.75, 3.05) is 5.32 Å². The average Bonchev–Trinajstić information content (AvgIpc) is 2.29. The summed E-state index contributed by atoms with van der Waals surface area (Å²) in [6.45, 7) is 4.23. The molecule has 1 atom stereocenters. The molecule has 3 heteroatoms. The van der Waals surface area contributed by atoms with Gasteiger partial charge < -0.3 is 5.32 Å². The van der Waals surface area contributed by atoms with Crippen LogP contribution in [0.5, 0.6) is 0 Å². The van der Waals surface area contributed by atoms with Crippen LogP contribution in [0.15, 0.2) is 18.2 Å². The van der Waals surface area contributed by atoms with Crippen molar-refractivity contribution < 1.29 is 8.78 Å². The molecule has 1 aromatic rings. The fraction of sp³-hybridized carbons (Fsp3) is 0.538. The third-order valence-corrected chi connectivity index (χ3v) is 2.69. The van der Waals surface area contributed by atoms with Gasteiger partial charge in [0.05, 0.1) is 0 Å². The molecule has 16 heavy (non-hydrogen) atoms. The Morgan fingerprint density at radius 2 is 1.94 bits per heavy atom. The molecular formula is C13H19F2N. The van der Waals surface area contributed by atoms with Crippen LogP contribution in [-0.2, 0) is 0 Å². The van der Waals surface area contributed by atoms with E-state index in [0.29, 0.717) is 11.7 Å². The Labute approximate surface area is 95.9 Å². The normalized spacial score (nSPS) is 12.5. The van der Waals surface area contributed by atoms with Crippen LogP contribution in [0.2, 0.25) is 0 Å². The Balaban J connectivity index is 2.59. The molecule has 0 aliphatic heterocycles. The number of anilines is 1. The van der Waals surface area contributed by atoms with E-state index >= 15 is 0 Å². The lowest BCUT2D eigenvalue weighted by Crippen LogP contribution is -2.18. The Kier molecular flexibility index (Phi) is 5.23. The van der Waals surface area contributed by atoms with Gasteiger partial charge in [-0.3, -0.25) is 0 Å². The zero-order chi connectivity index (χ0) is 12.0. The van der Waals surface area contributed by atoms with Crippen LogP contribution in [0.4, 0.5) is 14.5 Å². The first kappa shape index (κ1) is 12.9. The number of rotatable bonds is 6. The van der Waals surface area contributed by atoms with E-state index in [-0.39, 0.29) is 0 Å². The zero-order valence-corrected chi connectivity index (χ0v) is 9.89. The Morgan fingerprint density at radius 1 is 1.19 bits per heavy atom. The van der Waals surface area contributed by atoms with Crippen molar-refractivity contribution in [1.29, 1.82) is 0 Å². The highest BCUT2D eigenvalue weighted by Gasteiger charge is 2.07. The summed E-state index contributed by atoms with van der Waals surface area (Å²) in [5.74, 6) is -1.59. The maximum atomic E-state index is 13.0. The summed E-state index contributed by atoms with van der Waals surface area (Å²) in [6.07, 6.45) is 4.34.